The van der Waals surface area contributed by atoms with Crippen LogP contribution in [0.2, 0.25) is 0 Å². The van der Waals surface area contributed by atoms with Crippen molar-refractivity contribution in [3.63, 3.8) is 0 Å². The van der Waals surface area contributed by atoms with E-state index < -0.39 is 0 Å². The van der Waals surface area contributed by atoms with E-state index in [1.807, 2.05) is 30.5 Å². The Morgan fingerprint density at radius 3 is 2.66 bits per heavy atom. The van der Waals surface area contributed by atoms with Crippen LogP contribution in [0.15, 0.2) is 59.9 Å². The lowest BCUT2D eigenvalue weighted by molar-refractivity contribution is -0.132. The van der Waals surface area contributed by atoms with Crippen molar-refractivity contribution >= 4 is 23.6 Å². The van der Waals surface area contributed by atoms with Crippen molar-refractivity contribution in [2.45, 2.75) is 31.8 Å². The number of aromatic nitrogens is 2. The topological polar surface area (TPSA) is 81.2 Å². The molecule has 166 valence electrons. The largest absolute Gasteiger partial charge is 0.369 e. The van der Waals surface area contributed by atoms with Gasteiger partial charge in [0.1, 0.15) is 0 Å². The maximum atomic E-state index is 12.9. The van der Waals surface area contributed by atoms with Crippen molar-refractivity contribution in [2.24, 2.45) is 11.7 Å². The van der Waals surface area contributed by atoms with Gasteiger partial charge in [-0.25, -0.2) is 4.98 Å². The molecule has 3 aromatic rings. The van der Waals surface area contributed by atoms with E-state index in [0.717, 1.165) is 34.9 Å². The first-order valence-corrected chi connectivity index (χ1v) is 11.8. The highest BCUT2D eigenvalue weighted by molar-refractivity contribution is 7.99. The van der Waals surface area contributed by atoms with E-state index in [0.29, 0.717) is 13.1 Å². The number of likely N-dealkylation sites (tertiary alicyclic amines) is 1. The molecule has 0 spiro atoms. The van der Waals surface area contributed by atoms with Crippen molar-refractivity contribution in [3.8, 4) is 16.9 Å². The fourth-order valence-corrected chi connectivity index (χ4v) is 5.00. The average molecular weight is 449 g/mol. The van der Waals surface area contributed by atoms with Crippen molar-refractivity contribution in [1.82, 2.24) is 14.5 Å². The minimum absolute atomic E-state index is 0.0118. The number of primary amides is 1. The minimum atomic E-state index is -0.326. The van der Waals surface area contributed by atoms with Gasteiger partial charge < -0.3 is 10.6 Å². The lowest BCUT2D eigenvalue weighted by Gasteiger charge is -2.31. The standard InChI is InChI=1S/C25H28N4O2S/c1-17-8-6-12-21(18(17)2)29-22(19-9-4-3-5-10-19)14-27-25(29)32-16-23(30)28-13-7-11-20(15-28)24(26)31/h3-6,8-10,12,14,20H,7,11,13,15-16H2,1-2H3,(H2,26,31)/t20-/m0/s1. The second kappa shape index (κ2) is 9.61. The van der Waals surface area contributed by atoms with Gasteiger partial charge in [0.25, 0.3) is 0 Å². The molecular weight excluding hydrogens is 420 g/mol. The van der Waals surface area contributed by atoms with Gasteiger partial charge in [-0.15, -0.1) is 0 Å². The van der Waals surface area contributed by atoms with Gasteiger partial charge in [0.2, 0.25) is 11.8 Å². The first-order valence-electron chi connectivity index (χ1n) is 10.9. The number of hydrogen-bond acceptors (Lipinski definition) is 4. The molecule has 7 heteroatoms. The number of thioether (sulfide) groups is 1. The van der Waals surface area contributed by atoms with Crippen LogP contribution in [-0.2, 0) is 9.59 Å². The van der Waals surface area contributed by atoms with Crippen molar-refractivity contribution < 1.29 is 9.59 Å². The third-order valence-electron chi connectivity index (χ3n) is 6.12. The van der Waals surface area contributed by atoms with Gasteiger partial charge in [-0.05, 0) is 43.9 Å². The molecule has 0 saturated carbocycles. The summed E-state index contributed by atoms with van der Waals surface area (Å²) >= 11 is 1.43. The second-order valence-corrected chi connectivity index (χ2v) is 9.16. The molecule has 0 bridgehead atoms. The Bertz CT molecular complexity index is 1130. The Balaban J connectivity index is 1.62. The SMILES string of the molecule is Cc1cccc(-n2c(-c3ccccc3)cnc2SCC(=O)N2CCC[C@H](C(N)=O)C2)c1C. The highest BCUT2D eigenvalue weighted by Gasteiger charge is 2.27. The quantitative estimate of drug-likeness (QED) is 0.579. The molecule has 0 unspecified atom stereocenters. The van der Waals surface area contributed by atoms with Crippen molar-refractivity contribution in [1.29, 1.82) is 0 Å². The monoisotopic (exact) mass is 448 g/mol. The predicted octanol–water partition coefficient (Wildman–Crippen LogP) is 3.97. The number of carbonyl (C=O) groups excluding carboxylic acids is 2. The molecule has 1 aliphatic rings. The zero-order chi connectivity index (χ0) is 22.7. The number of benzene rings is 2. The molecule has 1 aliphatic heterocycles. The summed E-state index contributed by atoms with van der Waals surface area (Å²) in [5, 5.41) is 0.773. The number of nitrogens with zero attached hydrogens (tertiary/aromatic N) is 3. The third kappa shape index (κ3) is 4.58. The van der Waals surface area contributed by atoms with Gasteiger partial charge >= 0.3 is 0 Å². The molecule has 2 aromatic carbocycles. The lowest BCUT2D eigenvalue weighted by Crippen LogP contribution is -2.44. The number of rotatable bonds is 6. The summed E-state index contributed by atoms with van der Waals surface area (Å²) in [5.41, 5.74) is 11.0. The molecule has 1 aromatic heterocycles. The van der Waals surface area contributed by atoms with Crippen LogP contribution in [0.5, 0.6) is 0 Å². The Kier molecular flexibility index (Phi) is 6.65. The molecule has 2 heterocycles. The fraction of sp³-hybridized carbons (Fsp3) is 0.320. The van der Waals surface area contributed by atoms with Crippen LogP contribution in [0, 0.1) is 19.8 Å². The number of carbonyl (C=O) groups is 2. The molecule has 4 rings (SSSR count). The second-order valence-electron chi connectivity index (χ2n) is 8.22. The summed E-state index contributed by atoms with van der Waals surface area (Å²) < 4.78 is 2.14. The summed E-state index contributed by atoms with van der Waals surface area (Å²) in [6, 6.07) is 16.4. The number of nitrogens with two attached hydrogens (primary N) is 1. The molecule has 2 amide bonds. The van der Waals surface area contributed by atoms with Gasteiger partial charge in [0, 0.05) is 18.7 Å². The van der Waals surface area contributed by atoms with Gasteiger partial charge in [-0.1, -0.05) is 54.2 Å². The summed E-state index contributed by atoms with van der Waals surface area (Å²) in [7, 11) is 0. The molecule has 0 aliphatic carbocycles. The third-order valence-corrected chi connectivity index (χ3v) is 7.05. The molecule has 1 fully saturated rings. The van der Waals surface area contributed by atoms with Crippen LogP contribution in [0.4, 0.5) is 0 Å². The van der Waals surface area contributed by atoms with E-state index in [1.165, 1.54) is 22.9 Å². The molecule has 2 N–H and O–H groups in total. The summed E-state index contributed by atoms with van der Waals surface area (Å²) in [4.78, 5) is 30.9. The van der Waals surface area contributed by atoms with E-state index in [1.54, 1.807) is 4.90 Å². The van der Waals surface area contributed by atoms with Crippen LogP contribution in [-0.4, -0.2) is 45.1 Å². The van der Waals surface area contributed by atoms with E-state index in [2.05, 4.69) is 47.7 Å². The summed E-state index contributed by atoms with van der Waals surface area (Å²) in [5.74, 6) is -0.299. The molecular formula is C25H28N4O2S. The first-order chi connectivity index (χ1) is 15.5. The van der Waals surface area contributed by atoms with Crippen LogP contribution >= 0.6 is 11.8 Å². The first kappa shape index (κ1) is 22.1. The maximum Gasteiger partial charge on any atom is 0.233 e. The van der Waals surface area contributed by atoms with Crippen LogP contribution < -0.4 is 5.73 Å². The van der Waals surface area contributed by atoms with Crippen molar-refractivity contribution in [2.75, 3.05) is 18.8 Å². The Morgan fingerprint density at radius 2 is 1.91 bits per heavy atom. The van der Waals surface area contributed by atoms with Gasteiger partial charge in [-0.3, -0.25) is 14.2 Å². The van der Waals surface area contributed by atoms with Gasteiger partial charge in [-0.2, -0.15) is 0 Å². The van der Waals surface area contributed by atoms with Crippen LogP contribution in [0.3, 0.4) is 0 Å². The van der Waals surface area contributed by atoms with Crippen LogP contribution in [0.1, 0.15) is 24.0 Å². The van der Waals surface area contributed by atoms with E-state index in [4.69, 9.17) is 5.73 Å². The normalized spacial score (nSPS) is 16.2. The summed E-state index contributed by atoms with van der Waals surface area (Å²) in [6.07, 6.45) is 3.43. The Morgan fingerprint density at radius 1 is 1.12 bits per heavy atom. The average Bonchev–Trinajstić information content (AvgIpc) is 3.23. The van der Waals surface area contributed by atoms with Crippen molar-refractivity contribution in [3.05, 3.63) is 65.9 Å². The predicted molar refractivity (Wildman–Crippen MR) is 128 cm³/mol. The summed E-state index contributed by atoms with van der Waals surface area (Å²) in [6.45, 7) is 5.29. The molecule has 32 heavy (non-hydrogen) atoms. The number of amides is 2. The van der Waals surface area contributed by atoms with E-state index in [-0.39, 0.29) is 23.5 Å². The zero-order valence-electron chi connectivity index (χ0n) is 18.5. The highest BCUT2D eigenvalue weighted by Crippen LogP contribution is 2.32. The highest BCUT2D eigenvalue weighted by atomic mass is 32.2. The molecule has 0 radical (unpaired) electrons. The maximum absolute atomic E-state index is 12.9. The minimum Gasteiger partial charge on any atom is -0.369 e. The molecule has 1 saturated heterocycles. The van der Waals surface area contributed by atoms with Gasteiger partial charge in [0.05, 0.1) is 29.2 Å². The smallest absolute Gasteiger partial charge is 0.233 e. The van der Waals surface area contributed by atoms with E-state index >= 15 is 0 Å². The number of piperidine rings is 1. The Hall–Kier alpha value is -3.06. The zero-order valence-corrected chi connectivity index (χ0v) is 19.3. The molecule has 6 nitrogen and oxygen atoms in total. The lowest BCUT2D eigenvalue weighted by atomic mass is 9.97. The number of aryl methyl sites for hydroxylation is 1. The number of hydrogen-bond donors (Lipinski definition) is 1. The number of imidazole rings is 1. The Labute approximate surface area is 192 Å². The van der Waals surface area contributed by atoms with E-state index in [9.17, 15) is 9.59 Å². The van der Waals surface area contributed by atoms with Gasteiger partial charge in [0.15, 0.2) is 5.16 Å². The van der Waals surface area contributed by atoms with Crippen LogP contribution in [0.25, 0.3) is 16.9 Å². The fourth-order valence-electron chi connectivity index (χ4n) is 4.11. The molecule has 1 atom stereocenters.